The van der Waals surface area contributed by atoms with E-state index >= 15 is 0 Å². The Kier molecular flexibility index (Phi) is 12.2. The van der Waals surface area contributed by atoms with Gasteiger partial charge >= 0.3 is 0 Å². The summed E-state index contributed by atoms with van der Waals surface area (Å²) < 4.78 is 1.04. The van der Waals surface area contributed by atoms with E-state index in [0.717, 1.165) is 145 Å². The average Bonchev–Trinajstić information content (AvgIpc) is 3.28. The van der Waals surface area contributed by atoms with Crippen molar-refractivity contribution >= 4 is 72.4 Å². The van der Waals surface area contributed by atoms with E-state index in [1.54, 1.807) is 4.90 Å². The number of quaternary nitrogens is 1. The molecule has 6 aromatic rings. The molecule has 63 heavy (non-hydrogen) atoms. The van der Waals surface area contributed by atoms with Crippen molar-refractivity contribution in [1.82, 2.24) is 14.3 Å². The minimum atomic E-state index is -0.230. The lowest BCUT2D eigenvalue weighted by molar-refractivity contribution is 0.0514. The molecule has 0 aliphatic carbocycles. The van der Waals surface area contributed by atoms with Gasteiger partial charge in [0.1, 0.15) is 5.69 Å². The van der Waals surface area contributed by atoms with E-state index in [1.165, 1.54) is 30.0 Å². The lowest BCUT2D eigenvalue weighted by Crippen LogP contribution is -2.58. The van der Waals surface area contributed by atoms with Crippen molar-refractivity contribution in [2.45, 2.75) is 136 Å². The fourth-order valence-corrected chi connectivity index (χ4v) is 12.0. The predicted molar refractivity (Wildman–Crippen MR) is 259 cm³/mol. The number of imide groups is 2. The van der Waals surface area contributed by atoms with Gasteiger partial charge in [-0.3, -0.25) is 33.5 Å². The van der Waals surface area contributed by atoms with E-state index in [-0.39, 0.29) is 29.7 Å². The molecule has 1 atom stereocenters. The number of nitrogens with zero attached hydrogens (tertiary/aromatic N) is 3. The quantitative estimate of drug-likeness (QED) is 0.0268. The van der Waals surface area contributed by atoms with Crippen LogP contribution in [0, 0.1) is 5.41 Å². The SMILES string of the molecule is CCCCCCC(CCCCCC)N1C(=O)c2ccc3c4ccc5c6c(ccc(c7ccc(c2c37)C1=O)c64)C(=O)N(CCCCCC[N+]1(c2ccccc2)CCCC(C)(C)C1)C5=O. The molecule has 0 aromatic heterocycles. The fourth-order valence-electron chi connectivity index (χ4n) is 12.0. The average molecular weight is 845 g/mol. The third kappa shape index (κ3) is 7.72. The van der Waals surface area contributed by atoms with Gasteiger partial charge in [0.05, 0.1) is 19.6 Å². The van der Waals surface area contributed by atoms with Gasteiger partial charge < -0.3 is 0 Å². The molecule has 3 aliphatic heterocycles. The minimum Gasteiger partial charge on any atom is -0.291 e. The molecule has 328 valence electrons. The summed E-state index contributed by atoms with van der Waals surface area (Å²) in [4.78, 5) is 60.7. The summed E-state index contributed by atoms with van der Waals surface area (Å²) in [5.41, 5.74) is 4.02. The van der Waals surface area contributed by atoms with Crippen LogP contribution in [-0.4, -0.2) is 65.6 Å². The first-order valence-electron chi connectivity index (χ1n) is 24.4. The number of hydrogen-bond acceptors (Lipinski definition) is 4. The molecule has 0 spiro atoms. The van der Waals surface area contributed by atoms with Crippen molar-refractivity contribution in [2.24, 2.45) is 5.41 Å². The van der Waals surface area contributed by atoms with Crippen LogP contribution in [0.5, 0.6) is 0 Å². The Hall–Kier alpha value is -5.14. The third-order valence-corrected chi connectivity index (χ3v) is 15.1. The van der Waals surface area contributed by atoms with E-state index in [9.17, 15) is 19.2 Å². The monoisotopic (exact) mass is 845 g/mol. The van der Waals surface area contributed by atoms with Gasteiger partial charge in [0, 0.05) is 51.0 Å². The Morgan fingerprint density at radius 2 is 1.02 bits per heavy atom. The first-order chi connectivity index (χ1) is 30.6. The van der Waals surface area contributed by atoms with E-state index in [4.69, 9.17) is 0 Å². The molecule has 6 aromatic carbocycles. The van der Waals surface area contributed by atoms with Crippen LogP contribution in [0.25, 0.3) is 43.1 Å². The Morgan fingerprint density at radius 3 is 1.51 bits per heavy atom. The Bertz CT molecular complexity index is 2570. The number of likely N-dealkylation sites (tertiary alicyclic amines) is 1. The van der Waals surface area contributed by atoms with Crippen molar-refractivity contribution in [2.75, 3.05) is 26.2 Å². The molecule has 3 heterocycles. The number of rotatable bonds is 19. The highest BCUT2D eigenvalue weighted by Crippen LogP contribution is 2.47. The van der Waals surface area contributed by atoms with Crippen LogP contribution in [0.1, 0.15) is 172 Å². The zero-order valence-electron chi connectivity index (χ0n) is 38.2. The fraction of sp³-hybridized carbons (Fsp3) is 0.464. The zero-order chi connectivity index (χ0) is 43.9. The number of hydrogen-bond donors (Lipinski definition) is 0. The van der Waals surface area contributed by atoms with Crippen LogP contribution in [0.2, 0.25) is 0 Å². The van der Waals surface area contributed by atoms with Gasteiger partial charge in [-0.15, -0.1) is 0 Å². The van der Waals surface area contributed by atoms with Crippen LogP contribution in [0.4, 0.5) is 5.69 Å². The maximum Gasteiger partial charge on any atom is 0.261 e. The second-order valence-corrected chi connectivity index (χ2v) is 20.0. The molecule has 7 heteroatoms. The van der Waals surface area contributed by atoms with E-state index in [1.807, 2.05) is 48.5 Å². The normalized spacial score (nSPS) is 18.7. The molecule has 7 nitrogen and oxygen atoms in total. The van der Waals surface area contributed by atoms with E-state index in [0.29, 0.717) is 39.6 Å². The highest BCUT2D eigenvalue weighted by Gasteiger charge is 2.42. The summed E-state index contributed by atoms with van der Waals surface area (Å²) in [5, 5.41) is 6.94. The second kappa shape index (κ2) is 17.8. The zero-order valence-corrected chi connectivity index (χ0v) is 38.2. The molecular weight excluding hydrogens is 779 g/mol. The van der Waals surface area contributed by atoms with Gasteiger partial charge in [-0.05, 0) is 114 Å². The second-order valence-electron chi connectivity index (χ2n) is 20.0. The first-order valence-corrected chi connectivity index (χ1v) is 24.4. The van der Waals surface area contributed by atoms with Crippen molar-refractivity contribution < 1.29 is 19.2 Å². The molecule has 4 amide bonds. The summed E-state index contributed by atoms with van der Waals surface area (Å²) in [5.74, 6) is -0.843. The lowest BCUT2D eigenvalue weighted by atomic mass is 9.82. The van der Waals surface area contributed by atoms with Crippen molar-refractivity contribution in [1.29, 1.82) is 0 Å². The maximum absolute atomic E-state index is 14.5. The number of carbonyl (C=O) groups is 4. The number of unbranched alkanes of at least 4 members (excludes halogenated alkanes) is 9. The number of piperidine rings is 1. The summed E-state index contributed by atoms with van der Waals surface area (Å²) in [7, 11) is 0. The molecule has 3 aliphatic rings. The van der Waals surface area contributed by atoms with Gasteiger partial charge in [0.2, 0.25) is 0 Å². The highest BCUT2D eigenvalue weighted by molar-refractivity contribution is 6.41. The van der Waals surface area contributed by atoms with Crippen molar-refractivity contribution in [3.05, 3.63) is 101 Å². The molecule has 1 unspecified atom stereocenters. The third-order valence-electron chi connectivity index (χ3n) is 15.1. The predicted octanol–water partition coefficient (Wildman–Crippen LogP) is 13.6. The van der Waals surface area contributed by atoms with Gasteiger partial charge in [0.15, 0.2) is 0 Å². The van der Waals surface area contributed by atoms with Crippen molar-refractivity contribution in [3.63, 3.8) is 0 Å². The van der Waals surface area contributed by atoms with E-state index < -0.39 is 0 Å². The van der Waals surface area contributed by atoms with Crippen LogP contribution in [-0.2, 0) is 0 Å². The maximum atomic E-state index is 14.5. The Morgan fingerprint density at radius 1 is 0.540 bits per heavy atom. The largest absolute Gasteiger partial charge is 0.291 e. The molecular formula is C56H66N3O4+. The number of benzene rings is 6. The summed E-state index contributed by atoms with van der Waals surface area (Å²) in [6.45, 7) is 13.1. The molecule has 0 N–H and O–H groups in total. The smallest absolute Gasteiger partial charge is 0.261 e. The topological polar surface area (TPSA) is 74.8 Å². The molecule has 9 rings (SSSR count). The number of carbonyl (C=O) groups excluding carboxylic acids is 4. The number of fused-ring (bicyclic) bond motifs is 2. The molecule has 0 bridgehead atoms. The van der Waals surface area contributed by atoms with Gasteiger partial charge in [0.25, 0.3) is 23.6 Å². The first kappa shape index (κ1) is 43.1. The summed E-state index contributed by atoms with van der Waals surface area (Å²) in [6.07, 6.45) is 16.9. The number of para-hydroxylation sites is 1. The van der Waals surface area contributed by atoms with Crippen LogP contribution in [0.15, 0.2) is 78.9 Å². The van der Waals surface area contributed by atoms with Gasteiger partial charge in [-0.2, -0.15) is 0 Å². The summed E-state index contributed by atoms with van der Waals surface area (Å²) in [6, 6.07) is 26.6. The summed E-state index contributed by atoms with van der Waals surface area (Å²) >= 11 is 0. The number of amides is 4. The minimum absolute atomic E-state index is 0.119. The van der Waals surface area contributed by atoms with Crippen LogP contribution < -0.4 is 4.48 Å². The molecule has 1 saturated heterocycles. The molecule has 0 saturated carbocycles. The molecule has 1 fully saturated rings. The Labute approximate surface area is 373 Å². The van der Waals surface area contributed by atoms with Gasteiger partial charge in [-0.1, -0.05) is 128 Å². The van der Waals surface area contributed by atoms with Crippen LogP contribution >= 0.6 is 0 Å². The van der Waals surface area contributed by atoms with E-state index in [2.05, 4.69) is 58.0 Å². The standard InChI is InChI=1S/C56H66N3O4/c1-5-7-9-14-21-38(22-15-10-8-6-2)58-54(62)46-31-27-42-40-25-29-44-50-45(30-26-41(48(40)50)43-28-32-47(55(58)63)51(46)49(42)43)53(61)57(52(44)60)34-18-11-12-19-35-59(39-23-16-13-17-24-39)36-20-33-56(3,4)37-59/h13,16-17,23-32,38H,5-12,14-15,18-22,33-37H2,1-4H3/q+1. The van der Waals surface area contributed by atoms with Crippen LogP contribution in [0.3, 0.4) is 0 Å². The highest BCUT2D eigenvalue weighted by atomic mass is 16.2. The lowest BCUT2D eigenvalue weighted by Gasteiger charge is -2.47. The van der Waals surface area contributed by atoms with Crippen molar-refractivity contribution in [3.8, 4) is 0 Å². The Balaban J connectivity index is 0.960. The van der Waals surface area contributed by atoms with Gasteiger partial charge in [-0.25, -0.2) is 0 Å². The molecule has 0 radical (unpaired) electrons.